The Hall–Kier alpha value is -0.940. The third-order valence-corrected chi connectivity index (χ3v) is 1.18. The number of hydrogen-bond acceptors (Lipinski definition) is 5. The Morgan fingerprint density at radius 3 is 2.90 bits per heavy atom. The smallest absolute Gasteiger partial charge is 0.245 e. The van der Waals surface area contributed by atoms with Gasteiger partial charge in [-0.25, -0.2) is 0 Å². The molecule has 5 heteroatoms. The first kappa shape index (κ1) is 7.17. The minimum Gasteiger partial charge on any atom is -0.391 e. The molecule has 0 aromatic carbocycles. The molecule has 0 amide bonds. The average Bonchev–Trinajstić information content (AvgIpc) is 2.36. The number of rotatable bonds is 2. The monoisotopic (exact) mass is 143 g/mol. The maximum absolute atomic E-state index is 8.94. The molecule has 1 aromatic heterocycles. The molecule has 1 aromatic rings. The molecule has 0 saturated carbocycles. The van der Waals surface area contributed by atoms with E-state index in [1.165, 1.54) is 6.33 Å². The lowest BCUT2D eigenvalue weighted by molar-refractivity contribution is 0.146. The fourth-order valence-corrected chi connectivity index (χ4v) is 0.535. The van der Waals surface area contributed by atoms with E-state index >= 15 is 0 Å². The van der Waals surface area contributed by atoms with Gasteiger partial charge in [0.15, 0.2) is 6.33 Å². The zero-order valence-corrected chi connectivity index (χ0v) is 5.56. The van der Waals surface area contributed by atoms with Gasteiger partial charge < -0.3 is 15.4 Å². The summed E-state index contributed by atoms with van der Waals surface area (Å²) in [6.45, 7) is 1.56. The predicted octanol–water partition coefficient (Wildman–Crippen LogP) is -0.550. The van der Waals surface area contributed by atoms with Gasteiger partial charge in [0.1, 0.15) is 6.04 Å². The summed E-state index contributed by atoms with van der Waals surface area (Å²) in [5.74, 6) is 0.259. The zero-order chi connectivity index (χ0) is 7.56. The van der Waals surface area contributed by atoms with Crippen LogP contribution in [-0.2, 0) is 0 Å². The fourth-order valence-electron chi connectivity index (χ4n) is 0.535. The number of aromatic nitrogens is 2. The maximum Gasteiger partial charge on any atom is 0.245 e. The van der Waals surface area contributed by atoms with Gasteiger partial charge in [-0.2, -0.15) is 4.98 Å². The van der Waals surface area contributed by atoms with Crippen molar-refractivity contribution in [1.82, 2.24) is 10.1 Å². The van der Waals surface area contributed by atoms with Crippen LogP contribution in [0.15, 0.2) is 10.9 Å². The Kier molecular flexibility index (Phi) is 1.98. The molecule has 0 aliphatic heterocycles. The Bertz CT molecular complexity index is 185. The van der Waals surface area contributed by atoms with E-state index in [0.717, 1.165) is 0 Å². The summed E-state index contributed by atoms with van der Waals surface area (Å²) in [7, 11) is 0. The van der Waals surface area contributed by atoms with Gasteiger partial charge in [0.25, 0.3) is 0 Å². The highest BCUT2D eigenvalue weighted by Crippen LogP contribution is 2.08. The summed E-state index contributed by atoms with van der Waals surface area (Å²) < 4.78 is 4.61. The summed E-state index contributed by atoms with van der Waals surface area (Å²) in [4.78, 5) is 3.67. The summed E-state index contributed by atoms with van der Waals surface area (Å²) >= 11 is 0. The van der Waals surface area contributed by atoms with Crippen LogP contribution in [0.2, 0.25) is 0 Å². The van der Waals surface area contributed by atoms with Crippen LogP contribution < -0.4 is 5.73 Å². The van der Waals surface area contributed by atoms with Crippen molar-refractivity contribution in [2.45, 2.75) is 19.1 Å². The number of nitrogens with two attached hydrogens (primary N) is 1. The van der Waals surface area contributed by atoms with E-state index in [1.54, 1.807) is 6.92 Å². The molecule has 1 rings (SSSR count). The molecule has 0 fully saturated rings. The van der Waals surface area contributed by atoms with E-state index in [4.69, 9.17) is 10.8 Å². The van der Waals surface area contributed by atoms with Gasteiger partial charge >= 0.3 is 0 Å². The molecule has 0 radical (unpaired) electrons. The minimum absolute atomic E-state index is 0.259. The van der Waals surface area contributed by atoms with Gasteiger partial charge in [0.2, 0.25) is 5.89 Å². The Labute approximate surface area is 57.8 Å². The quantitative estimate of drug-likeness (QED) is 0.580. The zero-order valence-electron chi connectivity index (χ0n) is 5.56. The number of aliphatic hydroxyl groups excluding tert-OH is 1. The lowest BCUT2D eigenvalue weighted by Crippen LogP contribution is -2.23. The molecule has 0 bridgehead atoms. The normalized spacial score (nSPS) is 16.7. The second kappa shape index (κ2) is 2.76. The first-order valence-electron chi connectivity index (χ1n) is 2.92. The van der Waals surface area contributed by atoms with E-state index < -0.39 is 12.1 Å². The van der Waals surface area contributed by atoms with Gasteiger partial charge in [0, 0.05) is 0 Å². The molecule has 0 aliphatic rings. The van der Waals surface area contributed by atoms with Crippen LogP contribution >= 0.6 is 0 Å². The van der Waals surface area contributed by atoms with Crippen LogP contribution in [0, 0.1) is 0 Å². The van der Waals surface area contributed by atoms with Crippen molar-refractivity contribution in [3.8, 4) is 0 Å². The van der Waals surface area contributed by atoms with E-state index in [2.05, 4.69) is 14.7 Å². The topological polar surface area (TPSA) is 85.2 Å². The number of hydrogen-bond donors (Lipinski definition) is 2. The molecule has 1 unspecified atom stereocenters. The van der Waals surface area contributed by atoms with Gasteiger partial charge in [-0.15, -0.1) is 0 Å². The summed E-state index contributed by atoms with van der Waals surface area (Å²) in [5.41, 5.74) is 5.44. The van der Waals surface area contributed by atoms with Crippen molar-refractivity contribution in [3.63, 3.8) is 0 Å². The molecule has 1 heterocycles. The Morgan fingerprint density at radius 2 is 2.50 bits per heavy atom. The molecular formula is C5H9N3O2. The molecule has 10 heavy (non-hydrogen) atoms. The SMILES string of the molecule is C[C@H](O)C(N)c1ncno1. The van der Waals surface area contributed by atoms with Crippen molar-refractivity contribution in [1.29, 1.82) is 0 Å². The first-order chi connectivity index (χ1) is 4.72. The molecule has 3 N–H and O–H groups in total. The predicted molar refractivity (Wildman–Crippen MR) is 32.9 cm³/mol. The lowest BCUT2D eigenvalue weighted by atomic mass is 10.2. The Balaban J connectivity index is 2.68. The molecule has 56 valence electrons. The average molecular weight is 143 g/mol. The molecule has 0 saturated heterocycles. The molecular weight excluding hydrogens is 134 g/mol. The van der Waals surface area contributed by atoms with Crippen molar-refractivity contribution in [2.75, 3.05) is 0 Å². The van der Waals surface area contributed by atoms with Gasteiger partial charge in [-0.1, -0.05) is 5.16 Å². The number of aliphatic hydroxyl groups is 1. The Morgan fingerprint density at radius 1 is 1.80 bits per heavy atom. The van der Waals surface area contributed by atoms with Crippen LogP contribution in [0.3, 0.4) is 0 Å². The van der Waals surface area contributed by atoms with Gasteiger partial charge in [-0.3, -0.25) is 0 Å². The highest BCUT2D eigenvalue weighted by Gasteiger charge is 2.16. The van der Waals surface area contributed by atoms with Gasteiger partial charge in [0.05, 0.1) is 6.10 Å². The third kappa shape index (κ3) is 1.31. The van der Waals surface area contributed by atoms with Crippen LogP contribution in [0.1, 0.15) is 18.9 Å². The fraction of sp³-hybridized carbons (Fsp3) is 0.600. The van der Waals surface area contributed by atoms with Crippen molar-refractivity contribution >= 4 is 0 Å². The van der Waals surface area contributed by atoms with Crippen molar-refractivity contribution in [3.05, 3.63) is 12.2 Å². The molecule has 2 atom stereocenters. The summed E-state index contributed by atoms with van der Waals surface area (Å²) in [6.07, 6.45) is 0.581. The second-order valence-electron chi connectivity index (χ2n) is 2.05. The van der Waals surface area contributed by atoms with Crippen molar-refractivity contribution < 1.29 is 9.63 Å². The maximum atomic E-state index is 8.94. The van der Waals surface area contributed by atoms with E-state index in [-0.39, 0.29) is 5.89 Å². The highest BCUT2D eigenvalue weighted by molar-refractivity contribution is 4.87. The van der Waals surface area contributed by atoms with Crippen LogP contribution in [-0.4, -0.2) is 21.4 Å². The van der Waals surface area contributed by atoms with Crippen LogP contribution in [0.25, 0.3) is 0 Å². The van der Waals surface area contributed by atoms with E-state index in [9.17, 15) is 0 Å². The molecule has 0 spiro atoms. The molecule has 5 nitrogen and oxygen atoms in total. The van der Waals surface area contributed by atoms with Crippen LogP contribution in [0.5, 0.6) is 0 Å². The van der Waals surface area contributed by atoms with Crippen molar-refractivity contribution in [2.24, 2.45) is 5.73 Å². The molecule has 0 aliphatic carbocycles. The number of nitrogens with zero attached hydrogens (tertiary/aromatic N) is 2. The largest absolute Gasteiger partial charge is 0.391 e. The van der Waals surface area contributed by atoms with E-state index in [0.29, 0.717) is 0 Å². The van der Waals surface area contributed by atoms with Crippen LogP contribution in [0.4, 0.5) is 0 Å². The van der Waals surface area contributed by atoms with E-state index in [1.807, 2.05) is 0 Å². The lowest BCUT2D eigenvalue weighted by Gasteiger charge is -2.07. The summed E-state index contributed by atoms with van der Waals surface area (Å²) in [5, 5.41) is 12.3. The first-order valence-corrected chi connectivity index (χ1v) is 2.92. The minimum atomic E-state index is -0.666. The third-order valence-electron chi connectivity index (χ3n) is 1.18. The van der Waals surface area contributed by atoms with Gasteiger partial charge in [-0.05, 0) is 6.92 Å². The standard InChI is InChI=1S/C5H9N3O2/c1-3(9)4(6)5-7-2-8-10-5/h2-4,9H,6H2,1H3/t3-,4?/m0/s1. The summed E-state index contributed by atoms with van der Waals surface area (Å²) in [6, 6.07) is -0.581. The second-order valence-corrected chi connectivity index (χ2v) is 2.05. The highest BCUT2D eigenvalue weighted by atomic mass is 16.5.